The highest BCUT2D eigenvalue weighted by Gasteiger charge is 2.40. The van der Waals surface area contributed by atoms with Crippen molar-refractivity contribution in [3.05, 3.63) is 70.8 Å². The van der Waals surface area contributed by atoms with Crippen molar-refractivity contribution in [3.8, 4) is 0 Å². The molecule has 2 aliphatic rings. The molecule has 5 heteroatoms. The Morgan fingerprint density at radius 2 is 1.32 bits per heavy atom. The van der Waals surface area contributed by atoms with Gasteiger partial charge in [-0.1, -0.05) is 76.2 Å². The fourth-order valence-corrected chi connectivity index (χ4v) is 5.26. The number of benzene rings is 2. The van der Waals surface area contributed by atoms with Crippen molar-refractivity contribution in [1.82, 2.24) is 9.80 Å². The number of hydrogen-bond acceptors (Lipinski definition) is 5. The molecule has 5 nitrogen and oxygen atoms in total. The first-order valence-electron chi connectivity index (χ1n) is 12.8. The van der Waals surface area contributed by atoms with Gasteiger partial charge in [0.25, 0.3) is 0 Å². The average Bonchev–Trinajstić information content (AvgIpc) is 2.88. The first-order chi connectivity index (χ1) is 16.5. The summed E-state index contributed by atoms with van der Waals surface area (Å²) in [6.45, 7) is 14.7. The number of carbonyl (C=O) groups is 1. The van der Waals surface area contributed by atoms with Gasteiger partial charge in [-0.05, 0) is 28.5 Å². The quantitative estimate of drug-likeness (QED) is 0.521. The van der Waals surface area contributed by atoms with Gasteiger partial charge in [-0.15, -0.1) is 0 Å². The van der Waals surface area contributed by atoms with Crippen LogP contribution in [0.2, 0.25) is 0 Å². The lowest BCUT2D eigenvalue weighted by molar-refractivity contribution is -0.0301. The van der Waals surface area contributed by atoms with Crippen molar-refractivity contribution in [3.63, 3.8) is 0 Å². The number of carbonyl (C=O) groups excluding carboxylic acids is 1. The molecule has 0 unspecified atom stereocenters. The third kappa shape index (κ3) is 5.60. The molecule has 0 bridgehead atoms. The van der Waals surface area contributed by atoms with Crippen LogP contribution in [0.3, 0.4) is 0 Å². The van der Waals surface area contributed by atoms with Gasteiger partial charge in [0.05, 0.1) is 38.5 Å². The number of nitrogens with zero attached hydrogens (tertiary/aromatic N) is 2. The standard InChI is InChI=1S/C29H40N2O3/c1-21(2)24-10-11-25(26(20-24)22(3)4)29(32)28(31-14-18-34-19-15-31)27(23-8-6-5-7-9-23)30-12-16-33-17-13-30/h5-11,20-22,27-28H,12-19H2,1-4H3/t27-,28+/m1/s1. The molecule has 0 amide bonds. The number of morpholine rings is 2. The van der Waals surface area contributed by atoms with Crippen LogP contribution in [0.25, 0.3) is 0 Å². The molecular weight excluding hydrogens is 424 g/mol. The highest BCUT2D eigenvalue weighted by Crippen LogP contribution is 2.34. The molecule has 2 saturated heterocycles. The smallest absolute Gasteiger partial charge is 0.182 e. The molecule has 2 heterocycles. The van der Waals surface area contributed by atoms with Gasteiger partial charge in [-0.25, -0.2) is 0 Å². The zero-order chi connectivity index (χ0) is 24.1. The predicted octanol–water partition coefficient (Wildman–Crippen LogP) is 4.89. The molecule has 184 valence electrons. The summed E-state index contributed by atoms with van der Waals surface area (Å²) in [5, 5.41) is 0. The molecule has 0 saturated carbocycles. The maximum absolute atomic E-state index is 14.6. The predicted molar refractivity (Wildman–Crippen MR) is 137 cm³/mol. The van der Waals surface area contributed by atoms with Crippen molar-refractivity contribution < 1.29 is 14.3 Å². The van der Waals surface area contributed by atoms with Crippen LogP contribution in [0, 0.1) is 0 Å². The first-order valence-corrected chi connectivity index (χ1v) is 12.8. The van der Waals surface area contributed by atoms with E-state index >= 15 is 0 Å². The average molecular weight is 465 g/mol. The summed E-state index contributed by atoms with van der Waals surface area (Å²) >= 11 is 0. The first kappa shape index (κ1) is 25.1. The summed E-state index contributed by atoms with van der Waals surface area (Å²) in [5.74, 6) is 0.935. The second-order valence-electron chi connectivity index (χ2n) is 10.1. The van der Waals surface area contributed by atoms with Crippen LogP contribution in [0.1, 0.15) is 72.6 Å². The Kier molecular flexibility index (Phi) is 8.54. The fourth-order valence-electron chi connectivity index (χ4n) is 5.26. The zero-order valence-electron chi connectivity index (χ0n) is 21.2. The molecule has 0 spiro atoms. The van der Waals surface area contributed by atoms with E-state index < -0.39 is 0 Å². The van der Waals surface area contributed by atoms with Crippen molar-refractivity contribution in [2.75, 3.05) is 52.6 Å². The topological polar surface area (TPSA) is 42.0 Å². The third-order valence-corrected chi connectivity index (χ3v) is 7.22. The Morgan fingerprint density at radius 1 is 0.735 bits per heavy atom. The number of Topliss-reactive ketones (excluding diaryl/α,β-unsaturated/α-hetero) is 1. The molecule has 4 rings (SSSR count). The second kappa shape index (κ2) is 11.6. The van der Waals surface area contributed by atoms with Gasteiger partial charge in [-0.2, -0.15) is 0 Å². The van der Waals surface area contributed by atoms with Gasteiger partial charge in [0.2, 0.25) is 0 Å². The van der Waals surface area contributed by atoms with Crippen LogP contribution in [-0.4, -0.2) is 74.2 Å². The van der Waals surface area contributed by atoms with Crippen molar-refractivity contribution in [2.24, 2.45) is 0 Å². The van der Waals surface area contributed by atoms with E-state index in [0.29, 0.717) is 32.3 Å². The van der Waals surface area contributed by atoms with Gasteiger partial charge >= 0.3 is 0 Å². The summed E-state index contributed by atoms with van der Waals surface area (Å²) < 4.78 is 11.4. The van der Waals surface area contributed by atoms with E-state index in [-0.39, 0.29) is 23.8 Å². The minimum absolute atomic E-state index is 0.0273. The number of hydrogen-bond donors (Lipinski definition) is 0. The maximum Gasteiger partial charge on any atom is 0.182 e. The van der Waals surface area contributed by atoms with Gasteiger partial charge in [-0.3, -0.25) is 14.6 Å². The van der Waals surface area contributed by atoms with Crippen LogP contribution in [0.15, 0.2) is 48.5 Å². The molecule has 2 aromatic carbocycles. The Bertz CT molecular complexity index is 932. The summed E-state index contributed by atoms with van der Waals surface area (Å²) in [7, 11) is 0. The molecule has 2 aliphatic heterocycles. The van der Waals surface area contributed by atoms with Gasteiger partial charge in [0.1, 0.15) is 0 Å². The fraction of sp³-hybridized carbons (Fsp3) is 0.552. The molecule has 2 aromatic rings. The van der Waals surface area contributed by atoms with Crippen LogP contribution in [-0.2, 0) is 9.47 Å². The Morgan fingerprint density at radius 3 is 1.88 bits per heavy atom. The van der Waals surface area contributed by atoms with Crippen molar-refractivity contribution >= 4 is 5.78 Å². The lowest BCUT2D eigenvalue weighted by atomic mass is 9.84. The zero-order valence-corrected chi connectivity index (χ0v) is 21.2. The number of ether oxygens (including phenoxy) is 2. The van der Waals surface area contributed by atoms with E-state index in [1.807, 2.05) is 6.07 Å². The SMILES string of the molecule is CC(C)c1ccc(C(=O)[C@H]([C@@H](c2ccccc2)N2CCOCC2)N2CCOCC2)c(C(C)C)c1. The Labute approximate surface area is 205 Å². The normalized spacial score (nSPS) is 19.9. The second-order valence-corrected chi connectivity index (χ2v) is 10.1. The lowest BCUT2D eigenvalue weighted by Gasteiger charge is -2.44. The van der Waals surface area contributed by atoms with Crippen LogP contribution in [0.5, 0.6) is 0 Å². The molecular formula is C29H40N2O3. The molecule has 0 N–H and O–H groups in total. The van der Waals surface area contributed by atoms with Gasteiger partial charge in [0.15, 0.2) is 5.78 Å². The van der Waals surface area contributed by atoms with Gasteiger partial charge in [0, 0.05) is 31.7 Å². The van der Waals surface area contributed by atoms with Gasteiger partial charge < -0.3 is 9.47 Å². The van der Waals surface area contributed by atoms with E-state index in [0.717, 1.165) is 37.3 Å². The van der Waals surface area contributed by atoms with Crippen molar-refractivity contribution in [1.29, 1.82) is 0 Å². The minimum Gasteiger partial charge on any atom is -0.379 e. The highest BCUT2D eigenvalue weighted by molar-refractivity contribution is 6.02. The van der Waals surface area contributed by atoms with E-state index in [4.69, 9.17) is 9.47 Å². The summed E-state index contributed by atoms with van der Waals surface area (Å²) in [5.41, 5.74) is 4.50. The number of rotatable bonds is 8. The van der Waals surface area contributed by atoms with Crippen molar-refractivity contribution in [2.45, 2.75) is 51.6 Å². The minimum atomic E-state index is -0.271. The largest absolute Gasteiger partial charge is 0.379 e. The highest BCUT2D eigenvalue weighted by atomic mass is 16.5. The summed E-state index contributed by atoms with van der Waals surface area (Å²) in [6.07, 6.45) is 0. The van der Waals surface area contributed by atoms with E-state index in [1.54, 1.807) is 0 Å². The van der Waals surface area contributed by atoms with Crippen LogP contribution < -0.4 is 0 Å². The van der Waals surface area contributed by atoms with E-state index in [9.17, 15) is 4.79 Å². The monoisotopic (exact) mass is 464 g/mol. The molecule has 0 radical (unpaired) electrons. The molecule has 2 fully saturated rings. The molecule has 34 heavy (non-hydrogen) atoms. The Balaban J connectivity index is 1.81. The maximum atomic E-state index is 14.6. The molecule has 2 atom stereocenters. The van der Waals surface area contributed by atoms with E-state index in [2.05, 4.69) is 80.0 Å². The summed E-state index contributed by atoms with van der Waals surface area (Å²) in [6, 6.07) is 16.7. The lowest BCUT2D eigenvalue weighted by Crippen LogP contribution is -2.55. The molecule has 0 aromatic heterocycles. The van der Waals surface area contributed by atoms with Crippen LogP contribution in [0.4, 0.5) is 0 Å². The van der Waals surface area contributed by atoms with Crippen LogP contribution >= 0.6 is 0 Å². The summed E-state index contributed by atoms with van der Waals surface area (Å²) in [4.78, 5) is 19.4. The van der Waals surface area contributed by atoms with E-state index in [1.165, 1.54) is 11.1 Å². The third-order valence-electron chi connectivity index (χ3n) is 7.22. The Hall–Kier alpha value is -2.05. The molecule has 0 aliphatic carbocycles. The number of ketones is 1.